The molecule has 1 aliphatic heterocycles. The van der Waals surface area contributed by atoms with Gasteiger partial charge in [-0.05, 0) is 60.7 Å². The number of aliphatic carboxylic acids is 1. The van der Waals surface area contributed by atoms with Crippen molar-refractivity contribution in [1.82, 2.24) is 9.47 Å². The van der Waals surface area contributed by atoms with Gasteiger partial charge in [-0.2, -0.15) is 0 Å². The van der Waals surface area contributed by atoms with Gasteiger partial charge in [0.05, 0.1) is 22.9 Å². The topological polar surface area (TPSA) is 65.4 Å². The Morgan fingerprint density at radius 2 is 1.94 bits per heavy atom. The van der Waals surface area contributed by atoms with E-state index in [1.165, 1.54) is 16.6 Å². The largest absolute Gasteiger partial charge is 1.00 e. The molecule has 3 aromatic rings. The number of carbonyl (C=O) groups excluding carboxylic acids is 2. The second-order valence-electron chi connectivity index (χ2n) is 7.37. The molecule has 0 atom stereocenters. The van der Waals surface area contributed by atoms with Crippen LogP contribution in [0.4, 0.5) is 0 Å². The molecule has 150 valence electrons. The van der Waals surface area contributed by atoms with Crippen LogP contribution in [-0.2, 0) is 22.4 Å². The summed E-state index contributed by atoms with van der Waals surface area (Å²) in [6.07, 6.45) is 5.02. The zero-order valence-electron chi connectivity index (χ0n) is 17.0. The first-order valence-corrected chi connectivity index (χ1v) is 10.9. The molecule has 1 amide bonds. The van der Waals surface area contributed by atoms with Crippen LogP contribution in [0, 0.1) is 0 Å². The van der Waals surface area contributed by atoms with Crippen molar-refractivity contribution in [3.8, 4) is 5.69 Å². The number of para-hydroxylation sites is 1. The average Bonchev–Trinajstić information content (AvgIpc) is 3.38. The van der Waals surface area contributed by atoms with Gasteiger partial charge in [-0.1, -0.05) is 48.2 Å². The van der Waals surface area contributed by atoms with E-state index in [9.17, 15) is 14.7 Å². The number of hydrogen-bond acceptors (Lipinski definition) is 5. The van der Waals surface area contributed by atoms with Crippen LogP contribution in [0.5, 0.6) is 0 Å². The van der Waals surface area contributed by atoms with E-state index in [0.29, 0.717) is 4.91 Å². The number of amides is 1. The van der Waals surface area contributed by atoms with Crippen LogP contribution in [-0.4, -0.2) is 32.2 Å². The van der Waals surface area contributed by atoms with Gasteiger partial charge in [-0.15, -0.1) is 0 Å². The second kappa shape index (κ2) is 8.68. The predicted octanol–water partition coefficient (Wildman–Crippen LogP) is 0.0743. The quantitative estimate of drug-likeness (QED) is 0.327. The summed E-state index contributed by atoms with van der Waals surface area (Å²) < 4.78 is 2.58. The average molecular weight is 440 g/mol. The predicted molar refractivity (Wildman–Crippen MR) is 120 cm³/mol. The molecular formula is C23H17LiN2O3S2. The van der Waals surface area contributed by atoms with Crippen LogP contribution in [0.25, 0.3) is 22.7 Å². The molecule has 0 bridgehead atoms. The summed E-state index contributed by atoms with van der Waals surface area (Å²) in [4.78, 5) is 24.9. The van der Waals surface area contributed by atoms with Crippen LogP contribution in [0.3, 0.4) is 0 Å². The minimum absolute atomic E-state index is 0. The zero-order valence-corrected chi connectivity index (χ0v) is 18.6. The summed E-state index contributed by atoms with van der Waals surface area (Å²) in [6, 6.07) is 16.5. The first kappa shape index (κ1) is 21.9. The van der Waals surface area contributed by atoms with Crippen molar-refractivity contribution in [3.05, 3.63) is 70.3 Å². The Bertz CT molecular complexity index is 1250. The maximum absolute atomic E-state index is 12.5. The third-order valence-electron chi connectivity index (χ3n) is 5.52. The molecule has 1 fully saturated rings. The molecule has 1 aromatic heterocycles. The summed E-state index contributed by atoms with van der Waals surface area (Å²) in [5, 5.41) is 12.1. The number of carboxylic acid groups (broad SMARTS) is 1. The molecule has 5 rings (SSSR count). The Hall–Kier alpha value is -2.30. The summed E-state index contributed by atoms with van der Waals surface area (Å²) in [7, 11) is 0. The molecule has 31 heavy (non-hydrogen) atoms. The number of thiocarbonyl (C=S) groups is 1. The maximum Gasteiger partial charge on any atom is 1.00 e. The van der Waals surface area contributed by atoms with Crippen molar-refractivity contribution >= 4 is 57.2 Å². The third-order valence-corrected chi connectivity index (χ3v) is 6.90. The van der Waals surface area contributed by atoms with Crippen molar-refractivity contribution in [1.29, 1.82) is 0 Å². The van der Waals surface area contributed by atoms with Crippen molar-refractivity contribution < 1.29 is 33.6 Å². The van der Waals surface area contributed by atoms with E-state index in [0.717, 1.165) is 52.7 Å². The van der Waals surface area contributed by atoms with Crippen LogP contribution < -0.4 is 24.0 Å². The molecule has 2 aromatic carbocycles. The van der Waals surface area contributed by atoms with Gasteiger partial charge >= 0.3 is 18.9 Å². The van der Waals surface area contributed by atoms with Crippen LogP contribution in [0.2, 0.25) is 0 Å². The van der Waals surface area contributed by atoms with Crippen LogP contribution >= 0.6 is 24.0 Å². The maximum atomic E-state index is 12.5. The number of carboxylic acids is 1. The number of benzene rings is 2. The molecule has 5 nitrogen and oxygen atoms in total. The zero-order chi connectivity index (χ0) is 20.8. The number of fused-ring (bicyclic) bond motifs is 3. The fraction of sp³-hybridized carbons (Fsp3) is 0.174. The number of aromatic nitrogens is 1. The Balaban J connectivity index is 0.00000231. The monoisotopic (exact) mass is 440 g/mol. The molecule has 0 saturated carbocycles. The van der Waals surface area contributed by atoms with Gasteiger partial charge < -0.3 is 14.5 Å². The van der Waals surface area contributed by atoms with E-state index in [1.54, 1.807) is 6.08 Å². The molecule has 2 aliphatic rings. The van der Waals surface area contributed by atoms with Gasteiger partial charge in [-0.3, -0.25) is 9.69 Å². The summed E-state index contributed by atoms with van der Waals surface area (Å²) in [6.45, 7) is -0.519. The van der Waals surface area contributed by atoms with Gasteiger partial charge in [0, 0.05) is 16.8 Å². The molecule has 2 heterocycles. The minimum atomic E-state index is -1.33. The molecule has 8 heteroatoms. The van der Waals surface area contributed by atoms with Gasteiger partial charge in [0.1, 0.15) is 4.32 Å². The molecule has 1 aliphatic carbocycles. The first-order chi connectivity index (χ1) is 14.5. The number of hydrogen-bond donors (Lipinski definition) is 0. The Morgan fingerprint density at radius 3 is 2.68 bits per heavy atom. The Kier molecular flexibility index (Phi) is 6.13. The fourth-order valence-corrected chi connectivity index (χ4v) is 5.53. The number of thioether (sulfide) groups is 1. The number of carbonyl (C=O) groups is 2. The molecule has 1 saturated heterocycles. The molecule has 0 spiro atoms. The van der Waals surface area contributed by atoms with Gasteiger partial charge in [0.25, 0.3) is 5.91 Å². The second-order valence-corrected chi connectivity index (χ2v) is 9.04. The van der Waals surface area contributed by atoms with Crippen molar-refractivity contribution in [2.45, 2.75) is 19.3 Å². The van der Waals surface area contributed by atoms with E-state index in [-0.39, 0.29) is 29.1 Å². The van der Waals surface area contributed by atoms with Crippen molar-refractivity contribution in [2.24, 2.45) is 0 Å². The van der Waals surface area contributed by atoms with Crippen molar-refractivity contribution in [2.75, 3.05) is 6.54 Å². The summed E-state index contributed by atoms with van der Waals surface area (Å²) in [5.41, 5.74) is 5.94. The number of nitrogens with zero attached hydrogens (tertiary/aromatic N) is 2. The minimum Gasteiger partial charge on any atom is -0.548 e. The fourth-order valence-electron chi connectivity index (χ4n) is 4.28. The summed E-state index contributed by atoms with van der Waals surface area (Å²) >= 11 is 6.29. The standard InChI is InChI=1S/C23H18N2O3S2.Li/c26-21(27)13-24-22(28)20(30-23(24)29)12-14-9-10-19-17(11-14)16-7-4-8-18(16)25(19)15-5-2-1-3-6-15;/h1-3,5-6,9-12H,4,7-8,13H2,(H,26,27);/q;+1/p-1/b20-12-;. The van der Waals surface area contributed by atoms with E-state index in [4.69, 9.17) is 12.2 Å². The number of rotatable bonds is 4. The number of aryl methyl sites for hydroxylation is 1. The van der Waals surface area contributed by atoms with Gasteiger partial charge in [-0.25, -0.2) is 0 Å². The van der Waals surface area contributed by atoms with Crippen molar-refractivity contribution in [3.63, 3.8) is 0 Å². The summed E-state index contributed by atoms with van der Waals surface area (Å²) in [5.74, 6) is -1.71. The van der Waals surface area contributed by atoms with E-state index in [2.05, 4.69) is 28.8 Å². The Labute approximate surface area is 201 Å². The smallest absolute Gasteiger partial charge is 0.548 e. The molecular weight excluding hydrogens is 423 g/mol. The van der Waals surface area contributed by atoms with E-state index in [1.807, 2.05) is 24.3 Å². The SMILES string of the molecule is O=C([O-])CN1C(=O)/C(=C/c2ccc3c(c2)c2c(n3-c3ccccc3)CCC2)SC1=S.[Li+]. The van der Waals surface area contributed by atoms with E-state index >= 15 is 0 Å². The first-order valence-electron chi connectivity index (χ1n) is 9.70. The molecule has 0 N–H and O–H groups in total. The molecule has 0 unspecified atom stereocenters. The Morgan fingerprint density at radius 1 is 1.16 bits per heavy atom. The van der Waals surface area contributed by atoms with Crippen LogP contribution in [0.1, 0.15) is 23.2 Å². The third kappa shape index (κ3) is 3.88. The van der Waals surface area contributed by atoms with Crippen LogP contribution in [0.15, 0.2) is 53.4 Å². The van der Waals surface area contributed by atoms with Gasteiger partial charge in [0.2, 0.25) is 0 Å². The van der Waals surface area contributed by atoms with E-state index < -0.39 is 12.5 Å². The van der Waals surface area contributed by atoms with Gasteiger partial charge in [0.15, 0.2) is 0 Å². The normalized spacial score (nSPS) is 16.8. The molecule has 0 radical (unpaired) electrons.